The molecular formula is C18H23N3O. The summed E-state index contributed by atoms with van der Waals surface area (Å²) < 4.78 is 5.41. The molecule has 1 aromatic heterocycles. The molecule has 2 aromatic rings. The lowest BCUT2D eigenvalue weighted by molar-refractivity contribution is 0.122. The van der Waals surface area contributed by atoms with E-state index in [9.17, 15) is 0 Å². The average Bonchev–Trinajstić information content (AvgIpc) is 3.08. The van der Waals surface area contributed by atoms with E-state index < -0.39 is 0 Å². The summed E-state index contributed by atoms with van der Waals surface area (Å²) in [4.78, 5) is 9.67. The lowest BCUT2D eigenvalue weighted by Gasteiger charge is -2.28. The van der Waals surface area contributed by atoms with Crippen molar-refractivity contribution in [3.63, 3.8) is 0 Å². The molecule has 0 unspecified atom stereocenters. The van der Waals surface area contributed by atoms with Crippen molar-refractivity contribution in [3.05, 3.63) is 35.9 Å². The standard InChI is InChI=1S/C18H23N3O/c1-2-8-20(7-1)14-15-3-5-17-16(13-15)4-6-18(19-17)21-9-11-22-12-10-21/h3-6,13H,1-2,7-12,14H2. The van der Waals surface area contributed by atoms with Crippen LogP contribution in [0, 0.1) is 0 Å². The topological polar surface area (TPSA) is 28.6 Å². The van der Waals surface area contributed by atoms with Gasteiger partial charge in [0, 0.05) is 25.0 Å². The van der Waals surface area contributed by atoms with Crippen LogP contribution in [0.5, 0.6) is 0 Å². The molecule has 0 N–H and O–H groups in total. The number of nitrogens with zero attached hydrogens (tertiary/aromatic N) is 3. The minimum Gasteiger partial charge on any atom is -0.378 e. The summed E-state index contributed by atoms with van der Waals surface area (Å²) in [7, 11) is 0. The molecule has 0 radical (unpaired) electrons. The van der Waals surface area contributed by atoms with E-state index in [2.05, 4.69) is 40.1 Å². The van der Waals surface area contributed by atoms with E-state index in [4.69, 9.17) is 9.72 Å². The third kappa shape index (κ3) is 2.94. The van der Waals surface area contributed by atoms with Gasteiger partial charge in [-0.25, -0.2) is 4.98 Å². The second-order valence-corrected chi connectivity index (χ2v) is 6.28. The Bertz CT molecular complexity index is 646. The Morgan fingerprint density at radius 3 is 2.59 bits per heavy atom. The van der Waals surface area contributed by atoms with Crippen molar-refractivity contribution in [2.24, 2.45) is 0 Å². The van der Waals surface area contributed by atoms with Crippen LogP contribution >= 0.6 is 0 Å². The van der Waals surface area contributed by atoms with Gasteiger partial charge in [-0.3, -0.25) is 4.90 Å². The molecule has 0 aliphatic carbocycles. The van der Waals surface area contributed by atoms with E-state index in [0.717, 1.165) is 44.2 Å². The lowest BCUT2D eigenvalue weighted by Crippen LogP contribution is -2.36. The zero-order valence-electron chi connectivity index (χ0n) is 13.0. The second kappa shape index (κ2) is 6.23. The maximum atomic E-state index is 5.41. The van der Waals surface area contributed by atoms with E-state index in [1.54, 1.807) is 0 Å². The number of morpholine rings is 1. The summed E-state index contributed by atoms with van der Waals surface area (Å²) in [5.74, 6) is 1.07. The van der Waals surface area contributed by atoms with Crippen LogP contribution < -0.4 is 4.90 Å². The first-order valence-corrected chi connectivity index (χ1v) is 8.33. The predicted octanol–water partition coefficient (Wildman–Crippen LogP) is 2.67. The third-order valence-electron chi connectivity index (χ3n) is 4.68. The third-order valence-corrected chi connectivity index (χ3v) is 4.68. The fraction of sp³-hybridized carbons (Fsp3) is 0.500. The summed E-state index contributed by atoms with van der Waals surface area (Å²) in [6.45, 7) is 7.03. The smallest absolute Gasteiger partial charge is 0.129 e. The van der Waals surface area contributed by atoms with Crippen molar-refractivity contribution in [1.29, 1.82) is 0 Å². The zero-order valence-corrected chi connectivity index (χ0v) is 13.0. The van der Waals surface area contributed by atoms with Crippen LogP contribution in [0.15, 0.2) is 30.3 Å². The van der Waals surface area contributed by atoms with E-state index in [0.29, 0.717) is 0 Å². The predicted molar refractivity (Wildman–Crippen MR) is 89.3 cm³/mol. The Hall–Kier alpha value is -1.65. The quantitative estimate of drug-likeness (QED) is 0.871. The number of fused-ring (bicyclic) bond motifs is 1. The molecule has 4 nitrogen and oxygen atoms in total. The molecule has 22 heavy (non-hydrogen) atoms. The lowest BCUT2D eigenvalue weighted by atomic mass is 10.1. The Morgan fingerprint density at radius 1 is 0.955 bits per heavy atom. The number of hydrogen-bond donors (Lipinski definition) is 0. The normalized spacial score (nSPS) is 19.9. The molecule has 2 saturated heterocycles. The van der Waals surface area contributed by atoms with Crippen LogP contribution in [0.4, 0.5) is 5.82 Å². The number of hydrogen-bond acceptors (Lipinski definition) is 4. The Morgan fingerprint density at radius 2 is 1.77 bits per heavy atom. The number of aromatic nitrogens is 1. The molecule has 4 rings (SSSR count). The molecule has 0 atom stereocenters. The SMILES string of the molecule is c1cc2nc(N3CCOCC3)ccc2cc1CN1CCCC1. The zero-order chi connectivity index (χ0) is 14.8. The van der Waals surface area contributed by atoms with Crippen LogP contribution in [0.2, 0.25) is 0 Å². The van der Waals surface area contributed by atoms with Gasteiger partial charge in [0.25, 0.3) is 0 Å². The highest BCUT2D eigenvalue weighted by Crippen LogP contribution is 2.21. The summed E-state index contributed by atoms with van der Waals surface area (Å²) in [6, 6.07) is 11.1. The first kappa shape index (κ1) is 14.0. The van der Waals surface area contributed by atoms with Gasteiger partial charge in [0.2, 0.25) is 0 Å². The second-order valence-electron chi connectivity index (χ2n) is 6.28. The molecule has 0 amide bonds. The van der Waals surface area contributed by atoms with Gasteiger partial charge < -0.3 is 9.64 Å². The van der Waals surface area contributed by atoms with Crippen LogP contribution in [0.3, 0.4) is 0 Å². The van der Waals surface area contributed by atoms with Gasteiger partial charge in [-0.1, -0.05) is 6.07 Å². The van der Waals surface area contributed by atoms with Crippen molar-refractivity contribution >= 4 is 16.7 Å². The first-order chi connectivity index (χ1) is 10.9. The molecule has 0 spiro atoms. The average molecular weight is 297 g/mol. The molecule has 0 bridgehead atoms. The molecular weight excluding hydrogens is 274 g/mol. The molecule has 2 fully saturated rings. The number of ether oxygens (including phenoxy) is 1. The Labute approximate surface area is 131 Å². The first-order valence-electron chi connectivity index (χ1n) is 8.33. The number of rotatable bonds is 3. The van der Waals surface area contributed by atoms with Gasteiger partial charge in [0.05, 0.1) is 18.7 Å². The van der Waals surface area contributed by atoms with Crippen molar-refractivity contribution in [3.8, 4) is 0 Å². The summed E-state index contributed by atoms with van der Waals surface area (Å²) in [5.41, 5.74) is 2.49. The van der Waals surface area contributed by atoms with Gasteiger partial charge in [-0.15, -0.1) is 0 Å². The van der Waals surface area contributed by atoms with E-state index in [1.165, 1.54) is 36.9 Å². The number of pyridine rings is 1. The summed E-state index contributed by atoms with van der Waals surface area (Å²) in [6.07, 6.45) is 2.69. The molecule has 2 aliphatic heterocycles. The van der Waals surface area contributed by atoms with Crippen LogP contribution in [0.25, 0.3) is 10.9 Å². The van der Waals surface area contributed by atoms with Crippen molar-refractivity contribution < 1.29 is 4.74 Å². The Balaban J connectivity index is 1.55. The highest BCUT2D eigenvalue weighted by Gasteiger charge is 2.14. The molecule has 3 heterocycles. The van der Waals surface area contributed by atoms with E-state index in [1.807, 2.05) is 0 Å². The minimum absolute atomic E-state index is 0.800. The summed E-state index contributed by atoms with van der Waals surface area (Å²) in [5, 5.41) is 1.24. The molecule has 0 saturated carbocycles. The maximum absolute atomic E-state index is 5.41. The molecule has 1 aromatic carbocycles. The number of likely N-dealkylation sites (tertiary alicyclic amines) is 1. The molecule has 116 valence electrons. The minimum atomic E-state index is 0.800. The highest BCUT2D eigenvalue weighted by atomic mass is 16.5. The molecule has 2 aliphatic rings. The number of benzene rings is 1. The highest BCUT2D eigenvalue weighted by molar-refractivity contribution is 5.81. The Kier molecular flexibility index (Phi) is 3.95. The van der Waals surface area contributed by atoms with Crippen LogP contribution in [-0.4, -0.2) is 49.3 Å². The largest absolute Gasteiger partial charge is 0.378 e. The monoisotopic (exact) mass is 297 g/mol. The van der Waals surface area contributed by atoms with Gasteiger partial charge in [-0.05, 0) is 55.8 Å². The van der Waals surface area contributed by atoms with Crippen LogP contribution in [0.1, 0.15) is 18.4 Å². The van der Waals surface area contributed by atoms with Crippen LogP contribution in [-0.2, 0) is 11.3 Å². The van der Waals surface area contributed by atoms with Gasteiger partial charge >= 0.3 is 0 Å². The fourth-order valence-electron chi connectivity index (χ4n) is 3.43. The van der Waals surface area contributed by atoms with E-state index in [-0.39, 0.29) is 0 Å². The molecule has 4 heteroatoms. The van der Waals surface area contributed by atoms with Gasteiger partial charge in [0.1, 0.15) is 5.82 Å². The van der Waals surface area contributed by atoms with Crippen molar-refractivity contribution in [2.45, 2.75) is 19.4 Å². The number of anilines is 1. The summed E-state index contributed by atoms with van der Waals surface area (Å²) >= 11 is 0. The van der Waals surface area contributed by atoms with Crippen molar-refractivity contribution in [1.82, 2.24) is 9.88 Å². The maximum Gasteiger partial charge on any atom is 0.129 e. The van der Waals surface area contributed by atoms with Gasteiger partial charge in [0.15, 0.2) is 0 Å². The van der Waals surface area contributed by atoms with Gasteiger partial charge in [-0.2, -0.15) is 0 Å². The van der Waals surface area contributed by atoms with E-state index >= 15 is 0 Å². The fourth-order valence-corrected chi connectivity index (χ4v) is 3.43. The van der Waals surface area contributed by atoms with Crippen molar-refractivity contribution in [2.75, 3.05) is 44.3 Å².